The summed E-state index contributed by atoms with van der Waals surface area (Å²) in [5.41, 5.74) is 0.0848. The number of aryl methyl sites for hydroxylation is 1. The van der Waals surface area contributed by atoms with Crippen molar-refractivity contribution in [2.45, 2.75) is 58.6 Å². The van der Waals surface area contributed by atoms with Crippen LogP contribution in [0.1, 0.15) is 46.9 Å². The van der Waals surface area contributed by atoms with E-state index in [0.29, 0.717) is 11.5 Å². The first-order valence-electron chi connectivity index (χ1n) is 8.08. The van der Waals surface area contributed by atoms with E-state index in [4.69, 9.17) is 4.74 Å². The van der Waals surface area contributed by atoms with Gasteiger partial charge in [0.15, 0.2) is 5.82 Å². The van der Waals surface area contributed by atoms with Gasteiger partial charge in [-0.2, -0.15) is 0 Å². The number of aromatic nitrogens is 4. The molecule has 0 saturated heterocycles. The van der Waals surface area contributed by atoms with Crippen LogP contribution < -0.4 is 5.32 Å². The second kappa shape index (κ2) is 5.58. The second-order valence-electron chi connectivity index (χ2n) is 7.62. The SMILES string of the molecule is CC(C)(C)OC(=O)Nc1cccc(-c2nnc3n2C(C)(C)CC3)n1. The van der Waals surface area contributed by atoms with E-state index in [1.54, 1.807) is 6.07 Å². The maximum Gasteiger partial charge on any atom is 0.413 e. The molecule has 1 aliphatic rings. The molecule has 24 heavy (non-hydrogen) atoms. The summed E-state index contributed by atoms with van der Waals surface area (Å²) in [7, 11) is 0. The van der Waals surface area contributed by atoms with Gasteiger partial charge in [0.1, 0.15) is 22.9 Å². The summed E-state index contributed by atoms with van der Waals surface area (Å²) in [5, 5.41) is 11.2. The first kappa shape index (κ1) is 16.4. The highest BCUT2D eigenvalue weighted by Gasteiger charge is 2.34. The van der Waals surface area contributed by atoms with Crippen molar-refractivity contribution in [3.63, 3.8) is 0 Å². The summed E-state index contributed by atoms with van der Waals surface area (Å²) in [6.07, 6.45) is 1.41. The van der Waals surface area contributed by atoms with Crippen molar-refractivity contribution in [3.8, 4) is 11.5 Å². The highest BCUT2D eigenvalue weighted by atomic mass is 16.6. The van der Waals surface area contributed by atoms with Gasteiger partial charge >= 0.3 is 6.09 Å². The number of nitrogens with zero attached hydrogens (tertiary/aromatic N) is 4. The average molecular weight is 329 g/mol. The van der Waals surface area contributed by atoms with Gasteiger partial charge in [0.25, 0.3) is 0 Å². The van der Waals surface area contributed by atoms with Gasteiger partial charge in [0.2, 0.25) is 0 Å². The number of anilines is 1. The Kier molecular flexibility index (Phi) is 3.81. The topological polar surface area (TPSA) is 81.9 Å². The minimum Gasteiger partial charge on any atom is -0.444 e. The van der Waals surface area contributed by atoms with Gasteiger partial charge < -0.3 is 9.30 Å². The molecule has 0 radical (unpaired) electrons. The minimum absolute atomic E-state index is 0.0373. The maximum atomic E-state index is 11.9. The molecule has 0 atom stereocenters. The van der Waals surface area contributed by atoms with Crippen LogP contribution in [-0.2, 0) is 16.7 Å². The summed E-state index contributed by atoms with van der Waals surface area (Å²) in [5.74, 6) is 2.12. The van der Waals surface area contributed by atoms with Gasteiger partial charge in [0, 0.05) is 12.0 Å². The molecule has 2 aromatic rings. The fourth-order valence-corrected chi connectivity index (χ4v) is 2.85. The predicted molar refractivity (Wildman–Crippen MR) is 90.8 cm³/mol. The Morgan fingerprint density at radius 2 is 2.04 bits per heavy atom. The number of ether oxygens (including phenoxy) is 1. The molecule has 0 aliphatic carbocycles. The Balaban J connectivity index is 1.86. The zero-order valence-corrected chi connectivity index (χ0v) is 14.8. The van der Waals surface area contributed by atoms with Crippen molar-refractivity contribution < 1.29 is 9.53 Å². The summed E-state index contributed by atoms with van der Waals surface area (Å²) in [6, 6.07) is 5.42. The zero-order chi connectivity index (χ0) is 17.5. The lowest BCUT2D eigenvalue weighted by molar-refractivity contribution is 0.0635. The van der Waals surface area contributed by atoms with Crippen LogP contribution in [0.4, 0.5) is 10.6 Å². The summed E-state index contributed by atoms with van der Waals surface area (Å²) < 4.78 is 7.39. The van der Waals surface area contributed by atoms with E-state index >= 15 is 0 Å². The molecule has 0 bridgehead atoms. The van der Waals surface area contributed by atoms with Gasteiger partial charge in [0.05, 0.1) is 0 Å². The Bertz CT molecular complexity index is 774. The first-order valence-corrected chi connectivity index (χ1v) is 8.08. The molecule has 0 saturated carbocycles. The molecule has 3 heterocycles. The van der Waals surface area contributed by atoms with Crippen molar-refractivity contribution >= 4 is 11.9 Å². The molecule has 0 fully saturated rings. The van der Waals surface area contributed by atoms with Gasteiger partial charge in [-0.05, 0) is 53.2 Å². The van der Waals surface area contributed by atoms with Crippen LogP contribution in [0.2, 0.25) is 0 Å². The normalized spacial score (nSPS) is 15.9. The number of hydrogen-bond acceptors (Lipinski definition) is 5. The van der Waals surface area contributed by atoms with E-state index < -0.39 is 11.7 Å². The second-order valence-corrected chi connectivity index (χ2v) is 7.62. The molecule has 7 nitrogen and oxygen atoms in total. The van der Waals surface area contributed by atoms with Crippen LogP contribution in [0, 0.1) is 0 Å². The lowest BCUT2D eigenvalue weighted by Crippen LogP contribution is -2.27. The van der Waals surface area contributed by atoms with Crippen LogP contribution in [0.15, 0.2) is 18.2 Å². The molecule has 128 valence electrons. The highest BCUT2D eigenvalue weighted by Crippen LogP contribution is 2.34. The molecule has 1 amide bonds. The van der Waals surface area contributed by atoms with Crippen molar-refractivity contribution in [1.82, 2.24) is 19.7 Å². The molecular weight excluding hydrogens is 306 g/mol. The number of pyridine rings is 1. The van der Waals surface area contributed by atoms with Crippen molar-refractivity contribution in [3.05, 3.63) is 24.0 Å². The molecule has 1 aliphatic heterocycles. The van der Waals surface area contributed by atoms with Crippen LogP contribution in [-0.4, -0.2) is 31.4 Å². The third kappa shape index (κ3) is 3.25. The molecule has 0 aromatic carbocycles. The molecule has 3 rings (SSSR count). The smallest absolute Gasteiger partial charge is 0.413 e. The van der Waals surface area contributed by atoms with E-state index in [-0.39, 0.29) is 5.54 Å². The van der Waals surface area contributed by atoms with E-state index in [1.165, 1.54) is 0 Å². The summed E-state index contributed by atoms with van der Waals surface area (Å²) in [4.78, 5) is 16.4. The Hall–Kier alpha value is -2.44. The minimum atomic E-state index is -0.556. The Morgan fingerprint density at radius 1 is 1.29 bits per heavy atom. The van der Waals surface area contributed by atoms with Gasteiger partial charge in [-0.3, -0.25) is 5.32 Å². The largest absolute Gasteiger partial charge is 0.444 e. The Labute approximate surface area is 141 Å². The van der Waals surface area contributed by atoms with Crippen LogP contribution in [0.3, 0.4) is 0 Å². The average Bonchev–Trinajstić information content (AvgIpc) is 2.99. The van der Waals surface area contributed by atoms with E-state index in [9.17, 15) is 4.79 Å². The molecular formula is C17H23N5O2. The monoisotopic (exact) mass is 329 g/mol. The maximum absolute atomic E-state index is 11.9. The molecule has 7 heteroatoms. The number of nitrogens with one attached hydrogen (secondary N) is 1. The van der Waals surface area contributed by atoms with Crippen molar-refractivity contribution in [1.29, 1.82) is 0 Å². The lowest BCUT2D eigenvalue weighted by atomic mass is 10.0. The Morgan fingerprint density at radius 3 is 2.75 bits per heavy atom. The van der Waals surface area contributed by atoms with Gasteiger partial charge in [-0.25, -0.2) is 9.78 Å². The number of amides is 1. The number of carbonyl (C=O) groups is 1. The lowest BCUT2D eigenvalue weighted by Gasteiger charge is -2.22. The molecule has 1 N–H and O–H groups in total. The number of hydrogen-bond donors (Lipinski definition) is 1. The fourth-order valence-electron chi connectivity index (χ4n) is 2.85. The van der Waals surface area contributed by atoms with Crippen molar-refractivity contribution in [2.75, 3.05) is 5.32 Å². The fraction of sp³-hybridized carbons (Fsp3) is 0.529. The summed E-state index contributed by atoms with van der Waals surface area (Å²) >= 11 is 0. The van der Waals surface area contributed by atoms with Gasteiger partial charge in [-0.15, -0.1) is 10.2 Å². The first-order chi connectivity index (χ1) is 11.2. The number of carbonyl (C=O) groups excluding carboxylic acids is 1. The van der Waals surface area contributed by atoms with Crippen LogP contribution in [0.25, 0.3) is 11.5 Å². The number of rotatable bonds is 2. The third-order valence-electron chi connectivity index (χ3n) is 3.90. The van der Waals surface area contributed by atoms with Crippen molar-refractivity contribution in [2.24, 2.45) is 0 Å². The van der Waals surface area contributed by atoms with E-state index in [1.807, 2.05) is 32.9 Å². The summed E-state index contributed by atoms with van der Waals surface area (Å²) in [6.45, 7) is 9.78. The standard InChI is InChI=1S/C17H23N5O2/c1-16(2,3)24-15(23)19-12-8-6-7-11(18-12)14-21-20-13-9-10-17(4,5)22(13)14/h6-8H,9-10H2,1-5H3,(H,18,19,23). The van der Waals surface area contributed by atoms with Crippen LogP contribution in [0.5, 0.6) is 0 Å². The quantitative estimate of drug-likeness (QED) is 0.913. The predicted octanol–water partition coefficient (Wildman–Crippen LogP) is 3.37. The highest BCUT2D eigenvalue weighted by molar-refractivity contribution is 5.83. The van der Waals surface area contributed by atoms with Crippen LogP contribution >= 0.6 is 0 Å². The van der Waals surface area contributed by atoms with E-state index in [2.05, 4.69) is 38.9 Å². The molecule has 0 unspecified atom stereocenters. The number of fused-ring (bicyclic) bond motifs is 1. The van der Waals surface area contributed by atoms with E-state index in [0.717, 1.165) is 24.5 Å². The zero-order valence-electron chi connectivity index (χ0n) is 14.8. The molecule has 0 spiro atoms. The van der Waals surface area contributed by atoms with Gasteiger partial charge in [-0.1, -0.05) is 6.07 Å². The third-order valence-corrected chi connectivity index (χ3v) is 3.90. The molecule has 2 aromatic heterocycles.